The Kier molecular flexibility index (Phi) is 4.57. The zero-order valence-electron chi connectivity index (χ0n) is 10.3. The van der Waals surface area contributed by atoms with Crippen molar-refractivity contribution in [1.29, 1.82) is 0 Å². The van der Waals surface area contributed by atoms with E-state index < -0.39 is 11.7 Å². The molecule has 0 aliphatic carbocycles. The second-order valence-corrected chi connectivity index (χ2v) is 4.50. The largest absolute Gasteiger partial charge is 0.416 e. The van der Waals surface area contributed by atoms with Gasteiger partial charge in [0.1, 0.15) is 0 Å². The second-order valence-electron chi connectivity index (χ2n) is 4.50. The van der Waals surface area contributed by atoms with E-state index in [1.54, 1.807) is 19.2 Å². The van der Waals surface area contributed by atoms with Crippen LogP contribution in [0, 0.1) is 5.92 Å². The van der Waals surface area contributed by atoms with Crippen LogP contribution in [-0.4, -0.2) is 13.1 Å². The van der Waals surface area contributed by atoms with E-state index in [0.29, 0.717) is 17.9 Å². The molecule has 17 heavy (non-hydrogen) atoms. The minimum absolute atomic E-state index is 0.0542. The van der Waals surface area contributed by atoms with Crippen molar-refractivity contribution in [1.82, 2.24) is 5.32 Å². The van der Waals surface area contributed by atoms with Gasteiger partial charge in [-0.15, -0.1) is 0 Å². The van der Waals surface area contributed by atoms with Gasteiger partial charge < -0.3 is 5.32 Å². The van der Waals surface area contributed by atoms with Gasteiger partial charge in [0.05, 0.1) is 5.56 Å². The summed E-state index contributed by atoms with van der Waals surface area (Å²) in [5.74, 6) is 0.293. The second kappa shape index (κ2) is 5.54. The van der Waals surface area contributed by atoms with Gasteiger partial charge >= 0.3 is 6.18 Å². The van der Waals surface area contributed by atoms with Crippen LogP contribution in [0.2, 0.25) is 0 Å². The van der Waals surface area contributed by atoms with Gasteiger partial charge in [-0.1, -0.05) is 32.0 Å². The van der Waals surface area contributed by atoms with Crippen molar-refractivity contribution in [2.75, 3.05) is 7.05 Å². The molecule has 96 valence electrons. The molecule has 0 saturated carbocycles. The minimum Gasteiger partial charge on any atom is -0.316 e. The van der Waals surface area contributed by atoms with Crippen LogP contribution in [-0.2, 0) is 12.6 Å². The van der Waals surface area contributed by atoms with E-state index in [1.807, 2.05) is 13.8 Å². The molecule has 0 aliphatic rings. The summed E-state index contributed by atoms with van der Waals surface area (Å²) < 4.78 is 38.4. The normalized spacial score (nSPS) is 14.1. The standard InChI is InChI=1S/C13H18F3N/c1-9(2)12(17-3)8-10-6-4-5-7-11(10)13(14,15)16/h4-7,9,12,17H,8H2,1-3H3. The number of rotatable bonds is 4. The molecule has 0 heterocycles. The number of nitrogens with one attached hydrogen (secondary N) is 1. The lowest BCUT2D eigenvalue weighted by Crippen LogP contribution is -2.33. The molecular weight excluding hydrogens is 227 g/mol. The quantitative estimate of drug-likeness (QED) is 0.856. The molecule has 1 aromatic carbocycles. The molecule has 1 N–H and O–H groups in total. The molecule has 1 atom stereocenters. The molecule has 0 amide bonds. The molecule has 1 rings (SSSR count). The average Bonchev–Trinajstić information content (AvgIpc) is 2.24. The van der Waals surface area contributed by atoms with E-state index >= 15 is 0 Å². The fourth-order valence-corrected chi connectivity index (χ4v) is 1.88. The van der Waals surface area contributed by atoms with E-state index in [2.05, 4.69) is 5.32 Å². The Bertz CT molecular complexity index is 358. The SMILES string of the molecule is CNC(Cc1ccccc1C(F)(F)F)C(C)C. The topological polar surface area (TPSA) is 12.0 Å². The number of halogens is 3. The summed E-state index contributed by atoms with van der Waals surface area (Å²) in [6.45, 7) is 3.99. The lowest BCUT2D eigenvalue weighted by Gasteiger charge is -2.22. The highest BCUT2D eigenvalue weighted by Crippen LogP contribution is 2.32. The van der Waals surface area contributed by atoms with Gasteiger partial charge in [0.2, 0.25) is 0 Å². The maximum atomic E-state index is 12.8. The Hall–Kier alpha value is -1.03. The lowest BCUT2D eigenvalue weighted by atomic mass is 9.93. The first kappa shape index (κ1) is 14.0. The number of hydrogen-bond donors (Lipinski definition) is 1. The van der Waals surface area contributed by atoms with Crippen LogP contribution in [0.25, 0.3) is 0 Å². The van der Waals surface area contributed by atoms with E-state index in [9.17, 15) is 13.2 Å². The lowest BCUT2D eigenvalue weighted by molar-refractivity contribution is -0.138. The van der Waals surface area contributed by atoms with Gasteiger partial charge in [-0.25, -0.2) is 0 Å². The van der Waals surface area contributed by atoms with Crippen LogP contribution in [0.5, 0.6) is 0 Å². The van der Waals surface area contributed by atoms with Gasteiger partial charge in [-0.3, -0.25) is 0 Å². The maximum Gasteiger partial charge on any atom is 0.416 e. The van der Waals surface area contributed by atoms with Crippen molar-refractivity contribution in [2.24, 2.45) is 5.92 Å². The van der Waals surface area contributed by atoms with E-state index in [1.165, 1.54) is 6.07 Å². The maximum absolute atomic E-state index is 12.8. The summed E-state index contributed by atoms with van der Waals surface area (Å²) in [5.41, 5.74) is -0.172. The highest BCUT2D eigenvalue weighted by molar-refractivity contribution is 5.30. The number of alkyl halides is 3. The van der Waals surface area contributed by atoms with Gasteiger partial charge in [0.25, 0.3) is 0 Å². The third-order valence-corrected chi connectivity index (χ3v) is 2.94. The first-order valence-electron chi connectivity index (χ1n) is 5.68. The van der Waals surface area contributed by atoms with Crippen molar-refractivity contribution in [3.8, 4) is 0 Å². The van der Waals surface area contributed by atoms with Gasteiger partial charge in [0, 0.05) is 6.04 Å². The highest BCUT2D eigenvalue weighted by Gasteiger charge is 2.33. The smallest absolute Gasteiger partial charge is 0.316 e. The molecule has 0 fully saturated rings. The first-order chi connectivity index (χ1) is 7.86. The highest BCUT2D eigenvalue weighted by atomic mass is 19.4. The summed E-state index contributed by atoms with van der Waals surface area (Å²) in [4.78, 5) is 0. The molecule has 1 aromatic rings. The van der Waals surface area contributed by atoms with Crippen LogP contribution < -0.4 is 5.32 Å². The summed E-state index contributed by atoms with van der Waals surface area (Å²) in [5, 5.41) is 3.06. The third-order valence-electron chi connectivity index (χ3n) is 2.94. The molecule has 0 radical (unpaired) electrons. The summed E-state index contributed by atoms with van der Waals surface area (Å²) >= 11 is 0. The van der Waals surface area contributed by atoms with Crippen LogP contribution in [0.1, 0.15) is 25.0 Å². The van der Waals surface area contributed by atoms with Crippen LogP contribution in [0.3, 0.4) is 0 Å². The average molecular weight is 245 g/mol. The molecule has 4 heteroatoms. The third kappa shape index (κ3) is 3.73. The minimum atomic E-state index is -4.27. The summed E-state index contributed by atoms with van der Waals surface area (Å²) in [6.07, 6.45) is -3.88. The zero-order valence-corrected chi connectivity index (χ0v) is 10.3. The fourth-order valence-electron chi connectivity index (χ4n) is 1.88. The first-order valence-corrected chi connectivity index (χ1v) is 5.68. The Morgan fingerprint density at radius 3 is 2.24 bits per heavy atom. The van der Waals surface area contributed by atoms with Crippen LogP contribution in [0.4, 0.5) is 13.2 Å². The van der Waals surface area contributed by atoms with E-state index in [0.717, 1.165) is 6.07 Å². The molecule has 0 bridgehead atoms. The molecule has 1 nitrogen and oxygen atoms in total. The zero-order chi connectivity index (χ0) is 13.1. The molecular formula is C13H18F3N. The molecule has 0 aliphatic heterocycles. The predicted molar refractivity (Wildman–Crippen MR) is 62.8 cm³/mol. The number of likely N-dealkylation sites (N-methyl/N-ethyl adjacent to an activating group) is 1. The summed E-state index contributed by atoms with van der Waals surface area (Å²) in [7, 11) is 1.78. The monoisotopic (exact) mass is 245 g/mol. The van der Waals surface area contributed by atoms with Gasteiger partial charge in [0.15, 0.2) is 0 Å². The Morgan fingerprint density at radius 2 is 1.76 bits per heavy atom. The number of hydrogen-bond acceptors (Lipinski definition) is 1. The van der Waals surface area contributed by atoms with Crippen molar-refractivity contribution in [3.05, 3.63) is 35.4 Å². The molecule has 0 saturated heterocycles. The summed E-state index contributed by atoms with van der Waals surface area (Å²) in [6, 6.07) is 5.82. The van der Waals surface area contributed by atoms with Crippen molar-refractivity contribution < 1.29 is 13.2 Å². The number of benzene rings is 1. The van der Waals surface area contributed by atoms with Gasteiger partial charge in [-0.05, 0) is 31.0 Å². The Morgan fingerprint density at radius 1 is 1.18 bits per heavy atom. The predicted octanol–water partition coefficient (Wildman–Crippen LogP) is 3.49. The fraction of sp³-hybridized carbons (Fsp3) is 0.538. The molecule has 0 spiro atoms. The van der Waals surface area contributed by atoms with Crippen LogP contribution >= 0.6 is 0 Å². The molecule has 0 aromatic heterocycles. The van der Waals surface area contributed by atoms with Crippen molar-refractivity contribution >= 4 is 0 Å². The Balaban J connectivity index is 2.98. The van der Waals surface area contributed by atoms with Gasteiger partial charge in [-0.2, -0.15) is 13.2 Å². The van der Waals surface area contributed by atoms with Crippen LogP contribution in [0.15, 0.2) is 24.3 Å². The Labute approximate surface area is 100 Å². The molecule has 1 unspecified atom stereocenters. The van der Waals surface area contributed by atoms with Crippen molar-refractivity contribution in [2.45, 2.75) is 32.5 Å². The van der Waals surface area contributed by atoms with Crippen molar-refractivity contribution in [3.63, 3.8) is 0 Å². The van der Waals surface area contributed by atoms with E-state index in [-0.39, 0.29) is 6.04 Å². The van der Waals surface area contributed by atoms with E-state index in [4.69, 9.17) is 0 Å².